The van der Waals surface area contributed by atoms with Crippen molar-refractivity contribution in [1.29, 1.82) is 0 Å². The minimum absolute atomic E-state index is 0.724. The Kier molecular flexibility index (Phi) is 14.4. The predicted octanol–water partition coefficient (Wildman–Crippen LogP) is 7.74. The fraction of sp³-hybridized carbons (Fsp3) is 0.519. The smallest absolute Gasteiger partial charge is 0.150 e. The molecule has 3 nitrogen and oxygen atoms in total. The van der Waals surface area contributed by atoms with Crippen molar-refractivity contribution in [2.24, 2.45) is 5.92 Å². The van der Waals surface area contributed by atoms with E-state index in [0.717, 1.165) is 40.7 Å². The maximum Gasteiger partial charge on any atom is 0.150 e. The first-order valence-electron chi connectivity index (χ1n) is 11.4. The average Bonchev–Trinajstić information content (AvgIpc) is 2.81. The van der Waals surface area contributed by atoms with E-state index in [-0.39, 0.29) is 0 Å². The number of carbonyl (C=O) groups is 1. The minimum atomic E-state index is 0.724. The van der Waals surface area contributed by atoms with Crippen LogP contribution in [0.2, 0.25) is 0 Å². The molecule has 0 unspecified atom stereocenters. The number of methoxy groups -OCH3 is 1. The van der Waals surface area contributed by atoms with Crippen LogP contribution in [-0.2, 0) is 0 Å². The van der Waals surface area contributed by atoms with Gasteiger partial charge in [0.1, 0.15) is 12.0 Å². The topological polar surface area (TPSA) is 52.3 Å². The molecule has 3 heteroatoms. The highest BCUT2D eigenvalue weighted by Crippen LogP contribution is 2.35. The predicted molar refractivity (Wildman–Crippen MR) is 132 cm³/mol. The Bertz CT molecular complexity index is 691. The number of nitrogens with two attached hydrogens (primary N) is 1. The van der Waals surface area contributed by atoms with Gasteiger partial charge in [-0.05, 0) is 61.3 Å². The van der Waals surface area contributed by atoms with E-state index in [1.807, 2.05) is 65.8 Å². The molecule has 0 spiro atoms. The fourth-order valence-corrected chi connectivity index (χ4v) is 3.41. The van der Waals surface area contributed by atoms with Crippen LogP contribution in [0.3, 0.4) is 0 Å². The molecule has 3 rings (SSSR count). The lowest BCUT2D eigenvalue weighted by atomic mass is 9.79. The van der Waals surface area contributed by atoms with Gasteiger partial charge < -0.3 is 10.5 Å². The minimum Gasteiger partial charge on any atom is -0.497 e. The molecule has 0 saturated heterocycles. The quantitative estimate of drug-likeness (QED) is 0.413. The van der Waals surface area contributed by atoms with Crippen molar-refractivity contribution in [3.8, 4) is 5.75 Å². The number of nitrogen functional groups attached to an aromatic ring is 1. The molecule has 0 bridgehead atoms. The van der Waals surface area contributed by atoms with Crippen LogP contribution >= 0.6 is 0 Å². The summed E-state index contributed by atoms with van der Waals surface area (Å²) in [5, 5.41) is 0. The van der Waals surface area contributed by atoms with Gasteiger partial charge in [0, 0.05) is 17.3 Å². The normalized spacial score (nSPS) is 17.1. The Hall–Kier alpha value is -2.29. The van der Waals surface area contributed by atoms with Gasteiger partial charge in [0.2, 0.25) is 0 Å². The molecule has 0 amide bonds. The summed E-state index contributed by atoms with van der Waals surface area (Å²) in [6.45, 7) is 14.4. The maximum absolute atomic E-state index is 10.5. The van der Waals surface area contributed by atoms with E-state index in [1.54, 1.807) is 7.11 Å². The number of aldehydes is 1. The molecule has 2 N–H and O–H groups in total. The molecule has 2 aromatic rings. The molecule has 2 aromatic carbocycles. The fourth-order valence-electron chi connectivity index (χ4n) is 3.41. The van der Waals surface area contributed by atoms with E-state index in [0.29, 0.717) is 0 Å². The van der Waals surface area contributed by atoms with Gasteiger partial charge in [0.25, 0.3) is 0 Å². The number of hydrogen-bond acceptors (Lipinski definition) is 3. The zero-order valence-electron chi connectivity index (χ0n) is 20.4. The van der Waals surface area contributed by atoms with Crippen molar-refractivity contribution in [3.05, 3.63) is 58.7 Å². The maximum atomic E-state index is 10.5. The molecule has 0 heterocycles. The van der Waals surface area contributed by atoms with Crippen LogP contribution in [0.5, 0.6) is 5.75 Å². The number of benzene rings is 2. The van der Waals surface area contributed by atoms with Crippen molar-refractivity contribution >= 4 is 12.0 Å². The summed E-state index contributed by atoms with van der Waals surface area (Å²) in [5.41, 5.74) is 11.0. The van der Waals surface area contributed by atoms with Crippen LogP contribution in [0, 0.1) is 19.8 Å². The van der Waals surface area contributed by atoms with Gasteiger partial charge in [-0.1, -0.05) is 71.7 Å². The second kappa shape index (κ2) is 15.5. The Morgan fingerprint density at radius 3 is 1.90 bits per heavy atom. The van der Waals surface area contributed by atoms with Gasteiger partial charge >= 0.3 is 0 Å². The van der Waals surface area contributed by atoms with E-state index in [4.69, 9.17) is 10.5 Å². The third-order valence-corrected chi connectivity index (χ3v) is 5.48. The van der Waals surface area contributed by atoms with Crippen LogP contribution in [0.25, 0.3) is 0 Å². The van der Waals surface area contributed by atoms with Crippen LogP contribution < -0.4 is 10.5 Å². The molecule has 168 valence electrons. The highest BCUT2D eigenvalue weighted by atomic mass is 16.5. The van der Waals surface area contributed by atoms with Crippen LogP contribution in [0.4, 0.5) is 5.69 Å². The molecule has 0 atom stereocenters. The summed E-state index contributed by atoms with van der Waals surface area (Å²) < 4.78 is 5.05. The summed E-state index contributed by atoms with van der Waals surface area (Å²) in [4.78, 5) is 10.5. The SMILES string of the molecule is CC.CC.CC1CCC(c2ccc(C=O)cc2)CC1.COc1cc(C)c(C)c(N)c1. The largest absolute Gasteiger partial charge is 0.497 e. The average molecular weight is 414 g/mol. The zero-order chi connectivity index (χ0) is 23.1. The first-order chi connectivity index (χ1) is 14.4. The Morgan fingerprint density at radius 2 is 1.47 bits per heavy atom. The van der Waals surface area contributed by atoms with Crippen LogP contribution in [-0.4, -0.2) is 13.4 Å². The van der Waals surface area contributed by atoms with Crippen molar-refractivity contribution in [2.45, 2.75) is 80.1 Å². The third-order valence-electron chi connectivity index (χ3n) is 5.48. The van der Waals surface area contributed by atoms with Gasteiger partial charge in [0.15, 0.2) is 0 Å². The number of rotatable bonds is 3. The molecule has 0 aromatic heterocycles. The summed E-state index contributed by atoms with van der Waals surface area (Å²) in [6, 6.07) is 11.9. The summed E-state index contributed by atoms with van der Waals surface area (Å²) >= 11 is 0. The highest BCUT2D eigenvalue weighted by molar-refractivity contribution is 5.74. The van der Waals surface area contributed by atoms with Gasteiger partial charge in [-0.15, -0.1) is 0 Å². The van der Waals surface area contributed by atoms with Gasteiger partial charge in [-0.2, -0.15) is 0 Å². The van der Waals surface area contributed by atoms with Gasteiger partial charge in [0.05, 0.1) is 7.11 Å². The monoisotopic (exact) mass is 413 g/mol. The lowest BCUT2D eigenvalue weighted by Crippen LogP contribution is -2.10. The van der Waals surface area contributed by atoms with E-state index in [2.05, 4.69) is 19.1 Å². The Balaban J connectivity index is 0.000000498. The molecular formula is C27H43NO2. The standard InChI is InChI=1S/C14H18O.C9H13NO.2C2H6/c1-11-2-6-13(7-3-11)14-8-4-12(10-15)5-9-14;1-6-4-8(11-3)5-9(10)7(6)2;2*1-2/h4-5,8-11,13H,2-3,6-7H2,1H3;4-5H,10H2,1-3H3;2*1-2H3. The summed E-state index contributed by atoms with van der Waals surface area (Å²) in [6.07, 6.45) is 6.22. The summed E-state index contributed by atoms with van der Waals surface area (Å²) in [7, 11) is 1.64. The summed E-state index contributed by atoms with van der Waals surface area (Å²) in [5.74, 6) is 2.45. The second-order valence-electron chi connectivity index (χ2n) is 7.40. The molecular weight excluding hydrogens is 370 g/mol. The first kappa shape index (κ1) is 27.7. The molecule has 30 heavy (non-hydrogen) atoms. The van der Waals surface area contributed by atoms with Crippen molar-refractivity contribution in [1.82, 2.24) is 0 Å². The number of ether oxygens (including phenoxy) is 1. The first-order valence-corrected chi connectivity index (χ1v) is 11.4. The Labute approximate surface area is 185 Å². The van der Waals surface area contributed by atoms with E-state index < -0.39 is 0 Å². The third kappa shape index (κ3) is 9.02. The van der Waals surface area contributed by atoms with E-state index in [9.17, 15) is 4.79 Å². The Morgan fingerprint density at radius 1 is 0.933 bits per heavy atom. The number of hydrogen-bond donors (Lipinski definition) is 1. The van der Waals surface area contributed by atoms with Gasteiger partial charge in [-0.3, -0.25) is 4.79 Å². The number of aryl methyl sites for hydroxylation is 1. The molecule has 0 radical (unpaired) electrons. The van der Waals surface area contributed by atoms with Gasteiger partial charge in [-0.25, -0.2) is 0 Å². The molecule has 1 fully saturated rings. The van der Waals surface area contributed by atoms with Crippen molar-refractivity contribution in [3.63, 3.8) is 0 Å². The lowest BCUT2D eigenvalue weighted by Gasteiger charge is -2.26. The number of carbonyl (C=O) groups excluding carboxylic acids is 1. The van der Waals surface area contributed by atoms with Crippen molar-refractivity contribution in [2.75, 3.05) is 12.8 Å². The van der Waals surface area contributed by atoms with E-state index >= 15 is 0 Å². The number of anilines is 1. The lowest BCUT2D eigenvalue weighted by molar-refractivity contribution is 0.112. The second-order valence-corrected chi connectivity index (χ2v) is 7.40. The molecule has 1 aliphatic rings. The van der Waals surface area contributed by atoms with E-state index in [1.165, 1.54) is 36.8 Å². The van der Waals surface area contributed by atoms with Crippen LogP contribution in [0.1, 0.15) is 93.3 Å². The molecule has 1 saturated carbocycles. The van der Waals surface area contributed by atoms with Crippen LogP contribution in [0.15, 0.2) is 36.4 Å². The zero-order valence-corrected chi connectivity index (χ0v) is 20.4. The molecule has 1 aliphatic carbocycles. The van der Waals surface area contributed by atoms with Crippen molar-refractivity contribution < 1.29 is 9.53 Å². The highest BCUT2D eigenvalue weighted by Gasteiger charge is 2.19. The molecule has 0 aliphatic heterocycles.